The SMILES string of the molecule is CCNc1ccncc1S(=O)(=O)NCC1(OC)CCOC1. The summed E-state index contributed by atoms with van der Waals surface area (Å²) in [4.78, 5) is 4.03. The number of ether oxygens (including phenoxy) is 2. The van der Waals surface area contributed by atoms with Crippen LogP contribution in [0.4, 0.5) is 5.69 Å². The number of nitrogens with zero attached hydrogens (tertiary/aromatic N) is 1. The van der Waals surface area contributed by atoms with Crippen LogP contribution in [0.5, 0.6) is 0 Å². The molecule has 0 amide bonds. The van der Waals surface area contributed by atoms with Crippen LogP contribution < -0.4 is 10.0 Å². The van der Waals surface area contributed by atoms with Crippen molar-refractivity contribution < 1.29 is 17.9 Å². The fraction of sp³-hybridized carbons (Fsp3) is 0.615. The van der Waals surface area contributed by atoms with Gasteiger partial charge in [0, 0.05) is 45.6 Å². The molecule has 1 aromatic rings. The third-order valence-corrected chi connectivity index (χ3v) is 4.95. The molecule has 0 bridgehead atoms. The van der Waals surface area contributed by atoms with E-state index in [0.29, 0.717) is 31.9 Å². The van der Waals surface area contributed by atoms with Gasteiger partial charge >= 0.3 is 0 Å². The molecule has 1 atom stereocenters. The van der Waals surface area contributed by atoms with E-state index in [1.807, 2.05) is 6.92 Å². The minimum Gasteiger partial charge on any atom is -0.384 e. The largest absolute Gasteiger partial charge is 0.384 e. The van der Waals surface area contributed by atoms with Gasteiger partial charge in [0.05, 0.1) is 12.3 Å². The van der Waals surface area contributed by atoms with Crippen molar-refractivity contribution >= 4 is 15.7 Å². The molecular weight excluding hydrogens is 294 g/mol. The summed E-state index contributed by atoms with van der Waals surface area (Å²) in [5, 5.41) is 3.02. The Hall–Kier alpha value is -1.22. The predicted molar refractivity (Wildman–Crippen MR) is 78.8 cm³/mol. The molecule has 2 heterocycles. The van der Waals surface area contributed by atoms with Crippen molar-refractivity contribution in [3.8, 4) is 0 Å². The molecule has 1 fully saturated rings. The van der Waals surface area contributed by atoms with Gasteiger partial charge < -0.3 is 14.8 Å². The minimum atomic E-state index is -3.66. The molecule has 8 heteroatoms. The number of anilines is 1. The summed E-state index contributed by atoms with van der Waals surface area (Å²) in [5.41, 5.74) is -0.0534. The second-order valence-corrected chi connectivity index (χ2v) is 6.65. The van der Waals surface area contributed by atoms with Crippen molar-refractivity contribution in [3.63, 3.8) is 0 Å². The van der Waals surface area contributed by atoms with Gasteiger partial charge in [0.15, 0.2) is 0 Å². The number of rotatable bonds is 7. The maximum atomic E-state index is 12.5. The molecule has 1 unspecified atom stereocenters. The van der Waals surface area contributed by atoms with E-state index in [9.17, 15) is 8.42 Å². The van der Waals surface area contributed by atoms with Crippen LogP contribution in [0, 0.1) is 0 Å². The molecule has 1 saturated heterocycles. The first-order valence-electron chi connectivity index (χ1n) is 6.83. The molecular formula is C13H21N3O4S. The third-order valence-electron chi connectivity index (χ3n) is 3.53. The van der Waals surface area contributed by atoms with E-state index >= 15 is 0 Å². The molecule has 0 spiro atoms. The molecule has 0 radical (unpaired) electrons. The van der Waals surface area contributed by atoms with E-state index in [2.05, 4.69) is 15.0 Å². The van der Waals surface area contributed by atoms with Gasteiger partial charge in [-0.3, -0.25) is 4.98 Å². The molecule has 1 aliphatic rings. The van der Waals surface area contributed by atoms with Gasteiger partial charge in [0.25, 0.3) is 0 Å². The Morgan fingerprint density at radius 2 is 2.33 bits per heavy atom. The Labute approximate surface area is 125 Å². The summed E-state index contributed by atoms with van der Waals surface area (Å²) < 4.78 is 38.2. The van der Waals surface area contributed by atoms with Crippen LogP contribution in [-0.4, -0.2) is 52.4 Å². The van der Waals surface area contributed by atoms with Crippen molar-refractivity contribution in [2.45, 2.75) is 23.8 Å². The number of sulfonamides is 1. The average molecular weight is 315 g/mol. The number of aromatic nitrogens is 1. The van der Waals surface area contributed by atoms with Gasteiger partial charge in [-0.25, -0.2) is 13.1 Å². The van der Waals surface area contributed by atoms with Crippen LogP contribution in [0.25, 0.3) is 0 Å². The number of hydrogen-bond acceptors (Lipinski definition) is 6. The summed E-state index contributed by atoms with van der Waals surface area (Å²) in [6.07, 6.45) is 3.56. The van der Waals surface area contributed by atoms with Gasteiger partial charge in [-0.1, -0.05) is 0 Å². The highest BCUT2D eigenvalue weighted by molar-refractivity contribution is 7.89. The molecule has 0 saturated carbocycles. The van der Waals surface area contributed by atoms with Crippen LogP contribution in [0.3, 0.4) is 0 Å². The van der Waals surface area contributed by atoms with Gasteiger partial charge in [0.1, 0.15) is 10.5 Å². The zero-order valence-corrected chi connectivity index (χ0v) is 13.1. The maximum absolute atomic E-state index is 12.5. The smallest absolute Gasteiger partial charge is 0.244 e. The molecule has 0 aromatic carbocycles. The van der Waals surface area contributed by atoms with Gasteiger partial charge in [-0.2, -0.15) is 0 Å². The molecule has 2 rings (SSSR count). The van der Waals surface area contributed by atoms with Crippen molar-refractivity contribution in [2.24, 2.45) is 0 Å². The summed E-state index contributed by atoms with van der Waals surface area (Å²) in [5.74, 6) is 0. The van der Waals surface area contributed by atoms with Crippen LogP contribution >= 0.6 is 0 Å². The van der Waals surface area contributed by atoms with E-state index in [1.54, 1.807) is 19.4 Å². The fourth-order valence-corrected chi connectivity index (χ4v) is 3.43. The Morgan fingerprint density at radius 1 is 1.52 bits per heavy atom. The van der Waals surface area contributed by atoms with E-state index in [4.69, 9.17) is 9.47 Å². The third kappa shape index (κ3) is 3.70. The molecule has 1 aromatic heterocycles. The second kappa shape index (κ2) is 6.69. The second-order valence-electron chi connectivity index (χ2n) is 4.92. The Kier molecular flexibility index (Phi) is 5.15. The van der Waals surface area contributed by atoms with Gasteiger partial charge in [0.2, 0.25) is 10.0 Å². The molecule has 7 nitrogen and oxygen atoms in total. The number of methoxy groups -OCH3 is 1. The molecule has 21 heavy (non-hydrogen) atoms. The quantitative estimate of drug-likeness (QED) is 0.766. The number of hydrogen-bond donors (Lipinski definition) is 2. The van der Waals surface area contributed by atoms with E-state index in [1.165, 1.54) is 6.20 Å². The van der Waals surface area contributed by atoms with E-state index in [-0.39, 0.29) is 11.4 Å². The van der Waals surface area contributed by atoms with Crippen LogP contribution in [0.2, 0.25) is 0 Å². The van der Waals surface area contributed by atoms with E-state index in [0.717, 1.165) is 0 Å². The monoisotopic (exact) mass is 315 g/mol. The highest BCUT2D eigenvalue weighted by Crippen LogP contribution is 2.24. The van der Waals surface area contributed by atoms with Gasteiger partial charge in [-0.15, -0.1) is 0 Å². The van der Waals surface area contributed by atoms with Crippen LogP contribution in [0.1, 0.15) is 13.3 Å². The number of nitrogens with one attached hydrogen (secondary N) is 2. The maximum Gasteiger partial charge on any atom is 0.244 e. The van der Waals surface area contributed by atoms with Crippen LogP contribution in [-0.2, 0) is 19.5 Å². The normalized spacial score (nSPS) is 22.4. The first-order valence-corrected chi connectivity index (χ1v) is 8.32. The van der Waals surface area contributed by atoms with E-state index < -0.39 is 15.6 Å². The lowest BCUT2D eigenvalue weighted by atomic mass is 10.0. The standard InChI is InChI=1S/C13H21N3O4S/c1-3-15-11-4-6-14-8-12(11)21(17,18)16-9-13(19-2)5-7-20-10-13/h4,6,8,16H,3,5,7,9-10H2,1-2H3,(H,14,15). The molecule has 1 aliphatic heterocycles. The topological polar surface area (TPSA) is 89.6 Å². The summed E-state index contributed by atoms with van der Waals surface area (Å²) in [7, 11) is -2.09. The Morgan fingerprint density at radius 3 is 2.95 bits per heavy atom. The number of pyridine rings is 1. The summed E-state index contributed by atoms with van der Waals surface area (Å²) >= 11 is 0. The van der Waals surface area contributed by atoms with Crippen molar-refractivity contribution in [1.82, 2.24) is 9.71 Å². The molecule has 2 N–H and O–H groups in total. The highest BCUT2D eigenvalue weighted by atomic mass is 32.2. The summed E-state index contributed by atoms with van der Waals surface area (Å²) in [6, 6.07) is 1.64. The first kappa shape index (κ1) is 16.2. The van der Waals surface area contributed by atoms with Crippen molar-refractivity contribution in [2.75, 3.05) is 38.7 Å². The molecule has 0 aliphatic carbocycles. The average Bonchev–Trinajstić information content (AvgIpc) is 2.96. The zero-order valence-electron chi connectivity index (χ0n) is 12.3. The Bertz CT molecular complexity index is 571. The predicted octanol–water partition coefficient (Wildman–Crippen LogP) is 0.597. The molecule has 118 valence electrons. The lowest BCUT2D eigenvalue weighted by Gasteiger charge is -2.26. The van der Waals surface area contributed by atoms with Crippen LogP contribution in [0.15, 0.2) is 23.4 Å². The van der Waals surface area contributed by atoms with Crippen molar-refractivity contribution in [3.05, 3.63) is 18.5 Å². The first-order chi connectivity index (χ1) is 10.0. The highest BCUT2D eigenvalue weighted by Gasteiger charge is 2.36. The lowest BCUT2D eigenvalue weighted by Crippen LogP contribution is -2.45. The fourth-order valence-electron chi connectivity index (χ4n) is 2.20. The Balaban J connectivity index is 2.15. The summed E-state index contributed by atoms with van der Waals surface area (Å²) in [6.45, 7) is 3.67. The van der Waals surface area contributed by atoms with Crippen molar-refractivity contribution in [1.29, 1.82) is 0 Å². The zero-order chi connectivity index (χ0) is 15.3. The minimum absolute atomic E-state index is 0.136. The van der Waals surface area contributed by atoms with Gasteiger partial charge in [-0.05, 0) is 13.0 Å². The lowest BCUT2D eigenvalue weighted by molar-refractivity contribution is -0.0120.